The van der Waals surface area contributed by atoms with E-state index in [2.05, 4.69) is 42.5 Å². The molecule has 0 radical (unpaired) electrons. The van der Waals surface area contributed by atoms with Crippen molar-refractivity contribution in [2.24, 2.45) is 16.0 Å². The number of hydrazine groups is 3. The maximum atomic E-state index is 14.7. The number of hydrazone groups is 2. The summed E-state index contributed by atoms with van der Waals surface area (Å²) in [4.78, 5) is 49.8. The molecular formula is C28H27FN12O8. The molecule has 0 bridgehead atoms. The summed E-state index contributed by atoms with van der Waals surface area (Å²) in [6.45, 7) is 0.120. The van der Waals surface area contributed by atoms with Gasteiger partial charge in [-0.15, -0.1) is 25.6 Å². The van der Waals surface area contributed by atoms with Crippen LogP contribution in [0.3, 0.4) is 0 Å². The first-order valence-corrected chi connectivity index (χ1v) is 14.1. The number of amidine groups is 1. The highest BCUT2D eigenvalue weighted by Crippen LogP contribution is 2.28. The third-order valence-electron chi connectivity index (χ3n) is 6.65. The number of anilines is 2. The van der Waals surface area contributed by atoms with Crippen LogP contribution >= 0.6 is 0 Å². The number of rotatable bonds is 14. The highest BCUT2D eigenvalue weighted by atomic mass is 19.1. The van der Waals surface area contributed by atoms with Crippen molar-refractivity contribution in [1.29, 1.82) is 5.41 Å². The van der Waals surface area contributed by atoms with Crippen LogP contribution in [-0.4, -0.2) is 73.7 Å². The van der Waals surface area contributed by atoms with E-state index in [1.54, 1.807) is 0 Å². The van der Waals surface area contributed by atoms with Gasteiger partial charge >= 0.3 is 11.9 Å². The first kappa shape index (κ1) is 33.5. The first-order chi connectivity index (χ1) is 23.5. The Balaban J connectivity index is 1.16. The summed E-state index contributed by atoms with van der Waals surface area (Å²) in [6, 6.07) is 8.23. The Morgan fingerprint density at radius 3 is 2.37 bits per heavy atom. The predicted octanol–water partition coefficient (Wildman–Crippen LogP) is 0.308. The van der Waals surface area contributed by atoms with Crippen molar-refractivity contribution < 1.29 is 43.3 Å². The summed E-state index contributed by atoms with van der Waals surface area (Å²) in [5, 5.41) is 44.6. The van der Waals surface area contributed by atoms with Crippen molar-refractivity contribution in [2.45, 2.75) is 12.8 Å². The number of aromatic nitrogens is 2. The second kappa shape index (κ2) is 14.7. The number of nitrogens with two attached hydrogens (primary N) is 1. The van der Waals surface area contributed by atoms with Gasteiger partial charge in [0.2, 0.25) is 0 Å². The van der Waals surface area contributed by atoms with E-state index in [0.717, 1.165) is 10.9 Å². The number of nitrogens with zero attached hydrogens (tertiary/aromatic N) is 5. The number of hydrogen-bond acceptors (Lipinski definition) is 15. The number of hydrogen-bond donors (Lipinski definition) is 9. The Labute approximate surface area is 274 Å². The van der Waals surface area contributed by atoms with Gasteiger partial charge in [0.05, 0.1) is 35.7 Å². The van der Waals surface area contributed by atoms with Gasteiger partial charge in [-0.05, 0) is 55.3 Å². The lowest BCUT2D eigenvalue weighted by Crippen LogP contribution is -2.40. The van der Waals surface area contributed by atoms with Crippen LogP contribution in [0.15, 0.2) is 64.8 Å². The Morgan fingerprint density at radius 2 is 1.63 bits per heavy atom. The molecule has 0 spiro atoms. The van der Waals surface area contributed by atoms with Crippen molar-refractivity contribution in [3.63, 3.8) is 0 Å². The topological polar surface area (TPSA) is 283 Å². The standard InChI is InChI=1S/C28H27FN12O8/c29-17-12-16(28(46)47)21(33-25(42)18-5-7-23(30)40(35-18)37-31)13-22(17)49-10-2-1-9-48-14-3-4-15(27(44)45)20(11-14)32-26(43)19-6-8-24-34-38-39-41(24)36-19/h3-8,11-13,30,37-39H,1-2,9-10,31H2,(H,32,43)(H,33,42)(H,44,45)(H,46,47). The summed E-state index contributed by atoms with van der Waals surface area (Å²) < 4.78 is 25.9. The molecule has 49 heavy (non-hydrogen) atoms. The Bertz CT molecular complexity index is 1980. The maximum absolute atomic E-state index is 14.7. The molecular weight excluding hydrogens is 651 g/mol. The molecule has 5 rings (SSSR count). The normalized spacial score (nSPS) is 13.0. The molecule has 20 nitrogen and oxygen atoms in total. The summed E-state index contributed by atoms with van der Waals surface area (Å²) in [7, 11) is 0. The zero-order chi connectivity index (χ0) is 35.1. The number of nitrogen functional groups attached to an aromatic ring is 1. The first-order valence-electron chi connectivity index (χ1n) is 14.1. The minimum absolute atomic E-state index is 0.0164. The summed E-state index contributed by atoms with van der Waals surface area (Å²) in [6.07, 6.45) is 3.69. The molecule has 1 aromatic heterocycles. The van der Waals surface area contributed by atoms with E-state index in [1.807, 2.05) is 0 Å². The van der Waals surface area contributed by atoms with Gasteiger partial charge in [-0.25, -0.2) is 30.9 Å². The van der Waals surface area contributed by atoms with Gasteiger partial charge in [0.25, 0.3) is 11.8 Å². The minimum atomic E-state index is -1.50. The van der Waals surface area contributed by atoms with Crippen molar-refractivity contribution in [1.82, 2.24) is 26.1 Å². The van der Waals surface area contributed by atoms with Crippen molar-refractivity contribution >= 4 is 46.7 Å². The SMILES string of the molecule is N=c1ccc(C(=O)Nc2cc(OCCCCOc3ccc(C(=O)O)c(NC(=O)C4=NN5NNN=C5C=C4)c3)c(F)cc2C(=O)O)nn1NN. The number of unbranched alkanes of at least 4 members (excludes halogenated alkanes) is 1. The predicted molar refractivity (Wildman–Crippen MR) is 167 cm³/mol. The fourth-order valence-corrected chi connectivity index (χ4v) is 4.27. The second-order valence-electron chi connectivity index (χ2n) is 9.93. The number of fused-ring (bicyclic) bond motifs is 1. The van der Waals surface area contributed by atoms with Crippen LogP contribution in [0.1, 0.15) is 44.0 Å². The number of amides is 2. The zero-order valence-corrected chi connectivity index (χ0v) is 25.1. The number of benzene rings is 2. The number of carbonyl (C=O) groups excluding carboxylic acids is 2. The number of carbonyl (C=O) groups is 4. The third-order valence-corrected chi connectivity index (χ3v) is 6.65. The van der Waals surface area contributed by atoms with E-state index in [9.17, 15) is 33.8 Å². The smallest absolute Gasteiger partial charge is 0.337 e. The molecule has 254 valence electrons. The lowest BCUT2D eigenvalue weighted by atomic mass is 10.1. The molecule has 0 aliphatic carbocycles. The van der Waals surface area contributed by atoms with Crippen molar-refractivity contribution in [3.8, 4) is 11.5 Å². The highest BCUT2D eigenvalue weighted by molar-refractivity contribution is 6.48. The Hall–Kier alpha value is -6.87. The van der Waals surface area contributed by atoms with Crippen LogP contribution in [0.5, 0.6) is 11.5 Å². The summed E-state index contributed by atoms with van der Waals surface area (Å²) in [5.74, 6) is 0.333. The fourth-order valence-electron chi connectivity index (χ4n) is 4.27. The lowest BCUT2D eigenvalue weighted by Gasteiger charge is -2.16. The monoisotopic (exact) mass is 678 g/mol. The van der Waals surface area contributed by atoms with E-state index in [1.165, 1.54) is 47.6 Å². The number of halogens is 1. The van der Waals surface area contributed by atoms with Gasteiger partial charge in [-0.1, -0.05) is 0 Å². The summed E-state index contributed by atoms with van der Waals surface area (Å²) >= 11 is 0. The van der Waals surface area contributed by atoms with Gasteiger partial charge in [0, 0.05) is 12.1 Å². The van der Waals surface area contributed by atoms with Crippen LogP contribution in [0, 0.1) is 11.2 Å². The van der Waals surface area contributed by atoms with Crippen LogP contribution in [0.2, 0.25) is 0 Å². The zero-order valence-electron chi connectivity index (χ0n) is 25.1. The molecule has 0 saturated heterocycles. The van der Waals surface area contributed by atoms with E-state index in [4.69, 9.17) is 20.7 Å². The van der Waals surface area contributed by atoms with Gasteiger partial charge in [-0.3, -0.25) is 15.0 Å². The minimum Gasteiger partial charge on any atom is -0.494 e. The molecule has 0 saturated carbocycles. The largest absolute Gasteiger partial charge is 0.494 e. The molecule has 10 N–H and O–H groups in total. The van der Waals surface area contributed by atoms with Gasteiger partial charge < -0.3 is 30.3 Å². The van der Waals surface area contributed by atoms with Crippen LogP contribution < -0.4 is 48.0 Å². The second-order valence-corrected chi connectivity index (χ2v) is 9.93. The average molecular weight is 679 g/mol. The summed E-state index contributed by atoms with van der Waals surface area (Å²) in [5.41, 5.74) is 5.78. The molecule has 0 atom stereocenters. The number of aromatic carboxylic acids is 2. The number of ether oxygens (including phenoxy) is 2. The van der Waals surface area contributed by atoms with E-state index < -0.39 is 35.1 Å². The van der Waals surface area contributed by atoms with Gasteiger partial charge in [0.15, 0.2) is 34.3 Å². The molecule has 2 amide bonds. The van der Waals surface area contributed by atoms with Gasteiger partial charge in [-0.2, -0.15) is 5.12 Å². The molecule has 2 aliphatic heterocycles. The molecule has 3 aromatic rings. The number of nitrogens with one attached hydrogen (secondary N) is 6. The maximum Gasteiger partial charge on any atom is 0.337 e. The van der Waals surface area contributed by atoms with E-state index in [-0.39, 0.29) is 58.5 Å². The average Bonchev–Trinajstić information content (AvgIpc) is 3.55. The highest BCUT2D eigenvalue weighted by Gasteiger charge is 2.23. The molecule has 21 heteroatoms. The van der Waals surface area contributed by atoms with Crippen molar-refractivity contribution in [3.05, 3.63) is 82.7 Å². The van der Waals surface area contributed by atoms with E-state index in [0.29, 0.717) is 24.7 Å². The van der Waals surface area contributed by atoms with Crippen LogP contribution in [0.25, 0.3) is 0 Å². The quantitative estimate of drug-likeness (QED) is 0.0630. The Morgan fingerprint density at radius 1 is 0.918 bits per heavy atom. The lowest BCUT2D eigenvalue weighted by molar-refractivity contribution is -0.110. The fraction of sp³-hybridized carbons (Fsp3) is 0.143. The molecule has 2 aliphatic rings. The molecule has 2 aromatic carbocycles. The van der Waals surface area contributed by atoms with Gasteiger partial charge in [0.1, 0.15) is 5.75 Å². The van der Waals surface area contributed by atoms with Crippen molar-refractivity contribution in [2.75, 3.05) is 29.4 Å². The van der Waals surface area contributed by atoms with Crippen LogP contribution in [0.4, 0.5) is 15.8 Å². The molecule has 0 fully saturated rings. The molecule has 0 unspecified atom stereocenters. The van der Waals surface area contributed by atoms with Crippen LogP contribution in [-0.2, 0) is 4.79 Å². The molecule has 3 heterocycles. The Kier molecular flexibility index (Phi) is 10.0. The third kappa shape index (κ3) is 7.93. The van der Waals surface area contributed by atoms with E-state index >= 15 is 0 Å². The number of carboxylic acid groups (broad SMARTS) is 2. The number of carboxylic acids is 2.